The van der Waals surface area contributed by atoms with E-state index < -0.39 is 0 Å². The first-order valence-electron chi connectivity index (χ1n) is 3.93. The molecule has 0 spiro atoms. The number of alkyl halides is 2. The van der Waals surface area contributed by atoms with E-state index in [1.807, 2.05) is 6.92 Å². The van der Waals surface area contributed by atoms with E-state index in [4.69, 9.17) is 9.68 Å². The average Bonchev–Trinajstić information content (AvgIpc) is 2.02. The van der Waals surface area contributed by atoms with Gasteiger partial charge in [0.1, 0.15) is 0 Å². The van der Waals surface area contributed by atoms with Gasteiger partial charge in [0.25, 0.3) is 0 Å². The minimum atomic E-state index is 0.211. The molecule has 0 aliphatic heterocycles. The van der Waals surface area contributed by atoms with Crippen LogP contribution < -0.4 is 26.8 Å². The number of nitrogens with one attached hydrogen (secondary N) is 1. The van der Waals surface area contributed by atoms with E-state index in [0.29, 0.717) is 6.61 Å². The molecule has 0 aromatic heterocycles. The summed E-state index contributed by atoms with van der Waals surface area (Å²) in [6.45, 7) is 8.53. The summed E-state index contributed by atoms with van der Waals surface area (Å²) < 4.78 is 2.05. The third-order valence-electron chi connectivity index (χ3n) is 1.07. The van der Waals surface area contributed by atoms with Crippen molar-refractivity contribution in [3.05, 3.63) is 12.2 Å². The molecule has 3 nitrogen and oxygen atoms in total. The van der Waals surface area contributed by atoms with E-state index in [1.165, 1.54) is 4.43 Å². The maximum absolute atomic E-state index is 5.00. The standard InChI is InChI=1S/C8H17INO2/c1-4-9-7-12-10-11-6-5-8(2)3/h10H,2,4-7H2,1,3H3/q-1. The van der Waals surface area contributed by atoms with Crippen LogP contribution in [-0.2, 0) is 9.68 Å². The van der Waals surface area contributed by atoms with Gasteiger partial charge < -0.3 is 0 Å². The third-order valence-corrected chi connectivity index (χ3v) is 2.90. The van der Waals surface area contributed by atoms with Crippen LogP contribution in [-0.4, -0.2) is 15.6 Å². The van der Waals surface area contributed by atoms with Crippen LogP contribution in [0.5, 0.6) is 0 Å². The molecule has 4 heteroatoms. The van der Waals surface area contributed by atoms with Crippen molar-refractivity contribution in [2.45, 2.75) is 20.3 Å². The topological polar surface area (TPSA) is 30.5 Å². The first-order chi connectivity index (χ1) is 5.77. The van der Waals surface area contributed by atoms with Gasteiger partial charge in [0.2, 0.25) is 0 Å². The summed E-state index contributed by atoms with van der Waals surface area (Å²) in [7, 11) is 0. The Morgan fingerprint density at radius 3 is 2.83 bits per heavy atom. The molecule has 0 bridgehead atoms. The second-order valence-corrected chi connectivity index (χ2v) is 5.58. The molecule has 0 saturated heterocycles. The molecular formula is C8H17INO2-. The van der Waals surface area contributed by atoms with Gasteiger partial charge in [-0.3, -0.25) is 0 Å². The second kappa shape index (κ2) is 9.44. The normalized spacial score (nSPS) is 10.5. The zero-order valence-corrected chi connectivity index (χ0v) is 9.89. The molecule has 12 heavy (non-hydrogen) atoms. The van der Waals surface area contributed by atoms with E-state index in [9.17, 15) is 0 Å². The quantitative estimate of drug-likeness (QED) is 0.193. The van der Waals surface area contributed by atoms with Crippen molar-refractivity contribution in [1.82, 2.24) is 5.64 Å². The van der Waals surface area contributed by atoms with E-state index in [-0.39, 0.29) is 21.2 Å². The molecule has 0 rings (SSSR count). The third kappa shape index (κ3) is 10.3. The molecule has 0 atom stereocenters. The molecule has 0 radical (unpaired) electrons. The van der Waals surface area contributed by atoms with Crippen LogP contribution in [0.25, 0.3) is 0 Å². The molecule has 0 aliphatic carbocycles. The summed E-state index contributed by atoms with van der Waals surface area (Å²) >= 11 is 0.211. The molecule has 0 fully saturated rings. The van der Waals surface area contributed by atoms with E-state index in [0.717, 1.165) is 16.6 Å². The van der Waals surface area contributed by atoms with Crippen LogP contribution in [0.2, 0.25) is 0 Å². The van der Waals surface area contributed by atoms with Crippen LogP contribution in [0.1, 0.15) is 20.3 Å². The summed E-state index contributed by atoms with van der Waals surface area (Å²) in [5.41, 5.74) is 3.58. The van der Waals surface area contributed by atoms with Crippen LogP contribution >= 0.6 is 0 Å². The van der Waals surface area contributed by atoms with Crippen LogP contribution in [0.3, 0.4) is 0 Å². The monoisotopic (exact) mass is 286 g/mol. The Kier molecular flexibility index (Phi) is 9.71. The molecule has 0 saturated carbocycles. The van der Waals surface area contributed by atoms with Crippen molar-refractivity contribution in [2.75, 3.05) is 15.6 Å². The van der Waals surface area contributed by atoms with Crippen LogP contribution in [0, 0.1) is 0 Å². The predicted molar refractivity (Wildman–Crippen MR) is 45.0 cm³/mol. The predicted octanol–water partition coefficient (Wildman–Crippen LogP) is -1.53. The summed E-state index contributed by atoms with van der Waals surface area (Å²) in [6.07, 6.45) is 0.874. The Morgan fingerprint density at radius 1 is 1.50 bits per heavy atom. The van der Waals surface area contributed by atoms with Gasteiger partial charge in [-0.05, 0) is 0 Å². The van der Waals surface area contributed by atoms with Crippen LogP contribution in [0.15, 0.2) is 12.2 Å². The molecule has 74 valence electrons. The first-order valence-corrected chi connectivity index (χ1v) is 6.99. The summed E-state index contributed by atoms with van der Waals surface area (Å²) in [4.78, 5) is 9.98. The Balaban J connectivity index is 2.86. The summed E-state index contributed by atoms with van der Waals surface area (Å²) in [5, 5.41) is 0. The Bertz CT molecular complexity index is 120. The zero-order valence-electron chi connectivity index (χ0n) is 7.73. The van der Waals surface area contributed by atoms with Gasteiger partial charge in [0.05, 0.1) is 0 Å². The average molecular weight is 286 g/mol. The first kappa shape index (κ1) is 12.3. The van der Waals surface area contributed by atoms with Gasteiger partial charge >= 0.3 is 84.6 Å². The van der Waals surface area contributed by atoms with E-state index >= 15 is 0 Å². The van der Waals surface area contributed by atoms with Gasteiger partial charge in [0.15, 0.2) is 0 Å². The number of hydrogen-bond acceptors (Lipinski definition) is 3. The Hall–Kier alpha value is 0.350. The Morgan fingerprint density at radius 2 is 2.25 bits per heavy atom. The molecule has 0 unspecified atom stereocenters. The van der Waals surface area contributed by atoms with Gasteiger partial charge in [-0.2, -0.15) is 0 Å². The van der Waals surface area contributed by atoms with E-state index in [1.54, 1.807) is 0 Å². The fraction of sp³-hybridized carbons (Fsp3) is 0.750. The number of halogens is 1. The summed E-state index contributed by atoms with van der Waals surface area (Å²) in [5.74, 6) is 0. The number of hydrogen-bond donors (Lipinski definition) is 1. The van der Waals surface area contributed by atoms with Crippen molar-refractivity contribution in [3.8, 4) is 0 Å². The molecular weight excluding hydrogens is 269 g/mol. The number of rotatable bonds is 8. The van der Waals surface area contributed by atoms with Crippen LogP contribution in [0.4, 0.5) is 0 Å². The molecule has 0 amide bonds. The van der Waals surface area contributed by atoms with E-state index in [2.05, 4.69) is 19.1 Å². The van der Waals surface area contributed by atoms with Crippen molar-refractivity contribution < 1.29 is 30.9 Å². The second-order valence-electron chi connectivity index (χ2n) is 2.35. The molecule has 1 N–H and O–H groups in total. The molecule has 0 aromatic carbocycles. The van der Waals surface area contributed by atoms with Gasteiger partial charge in [-0.1, -0.05) is 0 Å². The van der Waals surface area contributed by atoms with Crippen molar-refractivity contribution in [3.63, 3.8) is 0 Å². The van der Waals surface area contributed by atoms with Gasteiger partial charge in [0, 0.05) is 0 Å². The van der Waals surface area contributed by atoms with Gasteiger partial charge in [-0.25, -0.2) is 0 Å². The molecule has 0 aliphatic rings. The van der Waals surface area contributed by atoms with Crippen molar-refractivity contribution in [2.24, 2.45) is 0 Å². The Labute approximate surface area is 84.7 Å². The fourth-order valence-corrected chi connectivity index (χ4v) is 1.23. The van der Waals surface area contributed by atoms with Crippen molar-refractivity contribution in [1.29, 1.82) is 0 Å². The zero-order chi connectivity index (χ0) is 9.23. The molecule has 0 heterocycles. The van der Waals surface area contributed by atoms with Crippen molar-refractivity contribution >= 4 is 0 Å². The minimum absolute atomic E-state index is 0.211. The van der Waals surface area contributed by atoms with Gasteiger partial charge in [-0.15, -0.1) is 0 Å². The fourth-order valence-electron chi connectivity index (χ4n) is 0.447. The molecule has 0 aromatic rings. The maximum atomic E-state index is 5.00. The SMILES string of the molecule is C=C(C)CCONOC[I-]CC. The summed E-state index contributed by atoms with van der Waals surface area (Å²) in [6, 6.07) is 0.